The van der Waals surface area contributed by atoms with E-state index in [4.69, 9.17) is 0 Å². The summed E-state index contributed by atoms with van der Waals surface area (Å²) in [6.45, 7) is 0.825. The van der Waals surface area contributed by atoms with Gasteiger partial charge in [0.2, 0.25) is 0 Å². The Balaban J connectivity index is 1.86. The molecule has 124 valence electrons. The molecule has 0 aromatic heterocycles. The molecule has 1 heterocycles. The molecule has 6 heteroatoms. The Hall–Kier alpha value is -2.76. The van der Waals surface area contributed by atoms with Crippen LogP contribution in [0.25, 0.3) is 5.70 Å². The number of carbonyl (C=O) groups excluding carboxylic acids is 1. The summed E-state index contributed by atoms with van der Waals surface area (Å²) in [5.41, 5.74) is 1.41. The molecule has 0 aliphatic carbocycles. The third-order valence-corrected chi connectivity index (χ3v) is 3.73. The third kappa shape index (κ3) is 3.42. The van der Waals surface area contributed by atoms with Crippen molar-refractivity contribution >= 4 is 17.3 Å². The van der Waals surface area contributed by atoms with Gasteiger partial charge in [0.25, 0.3) is 5.91 Å². The first-order valence-corrected chi connectivity index (χ1v) is 7.47. The zero-order valence-electron chi connectivity index (χ0n) is 12.7. The summed E-state index contributed by atoms with van der Waals surface area (Å²) < 4.78 is 38.3. The highest BCUT2D eigenvalue weighted by molar-refractivity contribution is 6.05. The minimum absolute atomic E-state index is 0.0343. The maximum Gasteiger partial charge on any atom is 0.416 e. The third-order valence-electron chi connectivity index (χ3n) is 3.73. The van der Waals surface area contributed by atoms with Crippen LogP contribution in [0, 0.1) is 0 Å². The highest BCUT2D eigenvalue weighted by Gasteiger charge is 2.31. The molecule has 1 aliphatic rings. The number of hydrogen-bond acceptors (Lipinski definition) is 2. The second-order valence-electron chi connectivity index (χ2n) is 5.41. The lowest BCUT2D eigenvalue weighted by atomic mass is 10.1. The number of rotatable bonds is 3. The van der Waals surface area contributed by atoms with Gasteiger partial charge in [-0.1, -0.05) is 30.3 Å². The van der Waals surface area contributed by atoms with Gasteiger partial charge in [-0.3, -0.25) is 4.79 Å². The Kier molecular flexibility index (Phi) is 4.29. The van der Waals surface area contributed by atoms with Crippen LogP contribution in [-0.2, 0) is 6.18 Å². The average Bonchev–Trinajstić information content (AvgIpc) is 3.09. The molecule has 0 saturated carbocycles. The number of amides is 1. The lowest BCUT2D eigenvalue weighted by Crippen LogP contribution is -2.16. The van der Waals surface area contributed by atoms with Gasteiger partial charge in [-0.15, -0.1) is 0 Å². The van der Waals surface area contributed by atoms with Crippen molar-refractivity contribution in [2.45, 2.75) is 12.6 Å². The molecule has 0 atom stereocenters. The molecule has 0 bridgehead atoms. The Morgan fingerprint density at radius 2 is 1.88 bits per heavy atom. The molecule has 0 fully saturated rings. The molecule has 1 amide bonds. The number of para-hydroxylation sites is 1. The van der Waals surface area contributed by atoms with Gasteiger partial charge in [0.1, 0.15) is 0 Å². The van der Waals surface area contributed by atoms with E-state index in [1.807, 2.05) is 18.2 Å². The predicted molar refractivity (Wildman–Crippen MR) is 86.4 cm³/mol. The van der Waals surface area contributed by atoms with Crippen LogP contribution in [0.5, 0.6) is 0 Å². The van der Waals surface area contributed by atoms with Crippen LogP contribution < -0.4 is 10.6 Å². The molecule has 2 N–H and O–H groups in total. The maximum absolute atomic E-state index is 12.8. The first-order chi connectivity index (χ1) is 11.4. The summed E-state index contributed by atoms with van der Waals surface area (Å²) in [7, 11) is 0. The second-order valence-corrected chi connectivity index (χ2v) is 5.41. The zero-order valence-corrected chi connectivity index (χ0v) is 12.7. The minimum Gasteiger partial charge on any atom is -0.384 e. The molecule has 3 rings (SSSR count). The van der Waals surface area contributed by atoms with Gasteiger partial charge in [-0.05, 0) is 30.7 Å². The molecular formula is C18H15F3N2O. The van der Waals surface area contributed by atoms with E-state index >= 15 is 0 Å². The van der Waals surface area contributed by atoms with Crippen molar-refractivity contribution in [3.05, 3.63) is 71.3 Å². The van der Waals surface area contributed by atoms with Crippen LogP contribution >= 0.6 is 0 Å². The van der Waals surface area contributed by atoms with Gasteiger partial charge in [0, 0.05) is 23.4 Å². The maximum atomic E-state index is 12.8. The summed E-state index contributed by atoms with van der Waals surface area (Å²) in [4.78, 5) is 12.3. The molecule has 0 saturated heterocycles. The Morgan fingerprint density at radius 3 is 2.58 bits per heavy atom. The van der Waals surface area contributed by atoms with E-state index in [-0.39, 0.29) is 5.56 Å². The van der Waals surface area contributed by atoms with Crippen molar-refractivity contribution in [1.82, 2.24) is 5.32 Å². The minimum atomic E-state index is -4.48. The van der Waals surface area contributed by atoms with Crippen molar-refractivity contribution in [2.24, 2.45) is 0 Å². The summed E-state index contributed by atoms with van der Waals surface area (Å²) in [5.74, 6) is -0.577. The number of benzene rings is 2. The fourth-order valence-corrected chi connectivity index (χ4v) is 2.56. The quantitative estimate of drug-likeness (QED) is 0.880. The molecular weight excluding hydrogens is 317 g/mol. The summed E-state index contributed by atoms with van der Waals surface area (Å²) in [5, 5.41) is 5.91. The fraction of sp³-hybridized carbons (Fsp3) is 0.167. The lowest BCUT2D eigenvalue weighted by molar-refractivity contribution is -0.137. The van der Waals surface area contributed by atoms with Crippen LogP contribution in [0.3, 0.4) is 0 Å². The van der Waals surface area contributed by atoms with Gasteiger partial charge >= 0.3 is 6.18 Å². The largest absolute Gasteiger partial charge is 0.416 e. The number of hydrogen-bond donors (Lipinski definition) is 2. The topological polar surface area (TPSA) is 41.1 Å². The summed E-state index contributed by atoms with van der Waals surface area (Å²) in [6, 6.07) is 11.6. The van der Waals surface area contributed by atoms with E-state index in [1.54, 1.807) is 12.1 Å². The van der Waals surface area contributed by atoms with Gasteiger partial charge < -0.3 is 10.6 Å². The Labute approximate surface area is 137 Å². The van der Waals surface area contributed by atoms with Crippen LogP contribution in [-0.4, -0.2) is 12.5 Å². The zero-order chi connectivity index (χ0) is 17.2. The molecule has 0 spiro atoms. The summed E-state index contributed by atoms with van der Waals surface area (Å²) >= 11 is 0. The van der Waals surface area contributed by atoms with Gasteiger partial charge in [-0.2, -0.15) is 13.2 Å². The van der Waals surface area contributed by atoms with Crippen molar-refractivity contribution in [3.63, 3.8) is 0 Å². The molecule has 2 aromatic carbocycles. The number of alkyl halides is 3. The number of carbonyl (C=O) groups is 1. The van der Waals surface area contributed by atoms with Crippen molar-refractivity contribution < 1.29 is 18.0 Å². The SMILES string of the molecule is O=C(Nc1ccccc1C1=CCCN1)c1cccc(C(F)(F)F)c1. The Bertz CT molecular complexity index is 797. The molecule has 24 heavy (non-hydrogen) atoms. The van der Waals surface area contributed by atoms with Crippen LogP contribution in [0.15, 0.2) is 54.6 Å². The number of anilines is 1. The second kappa shape index (κ2) is 6.39. The smallest absolute Gasteiger partial charge is 0.384 e. The van der Waals surface area contributed by atoms with Crippen molar-refractivity contribution in [1.29, 1.82) is 0 Å². The molecule has 3 nitrogen and oxygen atoms in total. The van der Waals surface area contributed by atoms with E-state index in [9.17, 15) is 18.0 Å². The first-order valence-electron chi connectivity index (χ1n) is 7.47. The molecule has 2 aromatic rings. The van der Waals surface area contributed by atoms with Gasteiger partial charge in [0.05, 0.1) is 11.3 Å². The van der Waals surface area contributed by atoms with E-state index in [0.717, 1.165) is 36.4 Å². The van der Waals surface area contributed by atoms with Gasteiger partial charge in [-0.25, -0.2) is 0 Å². The molecule has 0 radical (unpaired) electrons. The monoisotopic (exact) mass is 332 g/mol. The number of nitrogens with one attached hydrogen (secondary N) is 2. The average molecular weight is 332 g/mol. The predicted octanol–water partition coefficient (Wildman–Crippen LogP) is 4.29. The van der Waals surface area contributed by atoms with Crippen LogP contribution in [0.1, 0.15) is 27.9 Å². The number of halogens is 3. The fourth-order valence-electron chi connectivity index (χ4n) is 2.56. The van der Waals surface area contributed by atoms with Crippen molar-refractivity contribution in [2.75, 3.05) is 11.9 Å². The van der Waals surface area contributed by atoms with Crippen LogP contribution in [0.2, 0.25) is 0 Å². The molecule has 0 unspecified atom stereocenters. The highest BCUT2D eigenvalue weighted by atomic mass is 19.4. The van der Waals surface area contributed by atoms with E-state index in [0.29, 0.717) is 5.69 Å². The Morgan fingerprint density at radius 1 is 1.08 bits per heavy atom. The van der Waals surface area contributed by atoms with Gasteiger partial charge in [0.15, 0.2) is 0 Å². The van der Waals surface area contributed by atoms with E-state index < -0.39 is 17.6 Å². The lowest BCUT2D eigenvalue weighted by Gasteiger charge is -2.13. The van der Waals surface area contributed by atoms with Crippen LogP contribution in [0.4, 0.5) is 18.9 Å². The first kappa shape index (κ1) is 16.1. The molecule has 1 aliphatic heterocycles. The normalized spacial score (nSPS) is 14.0. The highest BCUT2D eigenvalue weighted by Crippen LogP contribution is 2.30. The van der Waals surface area contributed by atoms with Crippen molar-refractivity contribution in [3.8, 4) is 0 Å². The van der Waals surface area contributed by atoms with E-state index in [1.165, 1.54) is 12.1 Å². The summed E-state index contributed by atoms with van der Waals surface area (Å²) in [6.07, 6.45) is -1.56. The van der Waals surface area contributed by atoms with E-state index in [2.05, 4.69) is 10.6 Å². The standard InChI is InChI=1S/C18H15F3N2O/c19-18(20,21)13-6-3-5-12(11-13)17(24)23-16-8-2-1-7-14(16)15-9-4-10-22-15/h1-3,5-9,11,22H,4,10H2,(H,23,24).